The zero-order valence-electron chi connectivity index (χ0n) is 10.6. The molecule has 0 radical (unpaired) electrons. The van der Waals surface area contributed by atoms with Crippen LogP contribution in [0.1, 0.15) is 51.3 Å². The molecule has 0 bridgehead atoms. The molecule has 4 nitrogen and oxygen atoms in total. The summed E-state index contributed by atoms with van der Waals surface area (Å²) in [5, 5.41) is 10.2. The Morgan fingerprint density at radius 3 is 2.65 bits per heavy atom. The fourth-order valence-corrected chi connectivity index (χ4v) is 3.24. The van der Waals surface area contributed by atoms with E-state index in [1.807, 2.05) is 0 Å². The molecule has 2 rings (SSSR count). The van der Waals surface area contributed by atoms with E-state index in [1.54, 1.807) is 0 Å². The van der Waals surface area contributed by atoms with Crippen LogP contribution in [-0.4, -0.2) is 33.7 Å². The Hall–Kier alpha value is -0.680. The molecule has 0 atom stereocenters. The number of anilines is 1. The molecule has 1 aromatic heterocycles. The van der Waals surface area contributed by atoms with Gasteiger partial charge in [-0.2, -0.15) is 4.37 Å². The first kappa shape index (κ1) is 12.8. The minimum absolute atomic E-state index is 0.188. The number of hydrogen-bond acceptors (Lipinski definition) is 5. The average molecular weight is 255 g/mol. The summed E-state index contributed by atoms with van der Waals surface area (Å²) < 4.78 is 4.40. The first-order chi connectivity index (χ1) is 8.22. The molecule has 0 saturated heterocycles. The van der Waals surface area contributed by atoms with Gasteiger partial charge in [0.05, 0.1) is 6.61 Å². The molecule has 0 aromatic carbocycles. The Morgan fingerprint density at radius 1 is 1.41 bits per heavy atom. The van der Waals surface area contributed by atoms with E-state index in [1.165, 1.54) is 37.2 Å². The predicted molar refractivity (Wildman–Crippen MR) is 70.7 cm³/mol. The Balaban J connectivity index is 2.13. The summed E-state index contributed by atoms with van der Waals surface area (Å²) in [4.78, 5) is 6.84. The average Bonchev–Trinajstić information content (AvgIpc) is 2.97. The third kappa shape index (κ3) is 2.96. The Kier molecular flexibility index (Phi) is 4.34. The zero-order valence-corrected chi connectivity index (χ0v) is 11.4. The molecule has 1 aliphatic rings. The van der Waals surface area contributed by atoms with E-state index in [0.717, 1.165) is 11.0 Å². The van der Waals surface area contributed by atoms with Crippen LogP contribution in [0.2, 0.25) is 0 Å². The summed E-state index contributed by atoms with van der Waals surface area (Å²) in [5.41, 5.74) is 0. The van der Waals surface area contributed by atoms with Crippen molar-refractivity contribution in [1.82, 2.24) is 9.36 Å². The van der Waals surface area contributed by atoms with E-state index in [2.05, 4.69) is 28.1 Å². The van der Waals surface area contributed by atoms with Crippen molar-refractivity contribution >= 4 is 16.7 Å². The van der Waals surface area contributed by atoms with Crippen molar-refractivity contribution in [3.05, 3.63) is 5.82 Å². The molecule has 1 saturated carbocycles. The minimum atomic E-state index is 0.188. The second kappa shape index (κ2) is 5.78. The van der Waals surface area contributed by atoms with E-state index in [0.29, 0.717) is 18.5 Å². The van der Waals surface area contributed by atoms with Gasteiger partial charge >= 0.3 is 0 Å². The molecule has 1 N–H and O–H groups in total. The zero-order chi connectivity index (χ0) is 12.3. The molecule has 1 heterocycles. The maximum atomic E-state index is 9.19. The molecule has 96 valence electrons. The topological polar surface area (TPSA) is 49.2 Å². The second-order valence-corrected chi connectivity index (χ2v) is 5.68. The molecule has 0 amide bonds. The van der Waals surface area contributed by atoms with Crippen LogP contribution in [-0.2, 0) is 0 Å². The summed E-state index contributed by atoms with van der Waals surface area (Å²) in [6.45, 7) is 5.08. The highest BCUT2D eigenvalue weighted by Crippen LogP contribution is 2.30. The van der Waals surface area contributed by atoms with Gasteiger partial charge in [-0.25, -0.2) is 4.98 Å². The molecule has 0 aliphatic heterocycles. The van der Waals surface area contributed by atoms with Crippen molar-refractivity contribution in [2.45, 2.75) is 51.5 Å². The fourth-order valence-electron chi connectivity index (χ4n) is 2.34. The van der Waals surface area contributed by atoms with Gasteiger partial charge in [0.15, 0.2) is 0 Å². The predicted octanol–water partition coefficient (Wildman–Crippen LogP) is 2.40. The SMILES string of the molecule is CC(C)c1nsc(N(CCO)C2CCCC2)n1. The van der Waals surface area contributed by atoms with Crippen LogP contribution in [0.4, 0.5) is 5.13 Å². The standard InChI is InChI=1S/C12H21N3OS/c1-9(2)11-13-12(17-14-11)15(7-8-16)10-5-3-4-6-10/h9-10,16H,3-8H2,1-2H3. The first-order valence-corrected chi connectivity index (χ1v) is 7.21. The summed E-state index contributed by atoms with van der Waals surface area (Å²) in [5.74, 6) is 1.30. The summed E-state index contributed by atoms with van der Waals surface area (Å²) >= 11 is 1.47. The normalized spacial score (nSPS) is 16.9. The van der Waals surface area contributed by atoms with E-state index >= 15 is 0 Å². The largest absolute Gasteiger partial charge is 0.395 e. The third-order valence-electron chi connectivity index (χ3n) is 3.30. The van der Waals surface area contributed by atoms with Crippen molar-refractivity contribution in [2.24, 2.45) is 0 Å². The fraction of sp³-hybridized carbons (Fsp3) is 0.833. The van der Waals surface area contributed by atoms with Gasteiger partial charge in [0.1, 0.15) is 5.82 Å². The molecule has 1 fully saturated rings. The highest BCUT2D eigenvalue weighted by molar-refractivity contribution is 7.09. The van der Waals surface area contributed by atoms with Crippen LogP contribution >= 0.6 is 11.5 Å². The molecule has 0 spiro atoms. The van der Waals surface area contributed by atoms with Gasteiger partial charge in [-0.3, -0.25) is 0 Å². The Morgan fingerprint density at radius 2 is 2.12 bits per heavy atom. The molecule has 1 aromatic rings. The van der Waals surface area contributed by atoms with Crippen LogP contribution in [0.15, 0.2) is 0 Å². The maximum Gasteiger partial charge on any atom is 0.205 e. The van der Waals surface area contributed by atoms with Crippen molar-refractivity contribution in [2.75, 3.05) is 18.1 Å². The van der Waals surface area contributed by atoms with Crippen molar-refractivity contribution < 1.29 is 5.11 Å². The Bertz CT molecular complexity index is 347. The highest BCUT2D eigenvalue weighted by Gasteiger charge is 2.25. The molecule has 17 heavy (non-hydrogen) atoms. The lowest BCUT2D eigenvalue weighted by Crippen LogP contribution is -2.35. The van der Waals surface area contributed by atoms with E-state index < -0.39 is 0 Å². The number of rotatable bonds is 5. The molecular formula is C12H21N3OS. The maximum absolute atomic E-state index is 9.19. The smallest absolute Gasteiger partial charge is 0.205 e. The van der Waals surface area contributed by atoms with E-state index in [9.17, 15) is 5.11 Å². The summed E-state index contributed by atoms with van der Waals surface area (Å²) in [6.07, 6.45) is 5.03. The van der Waals surface area contributed by atoms with Gasteiger partial charge < -0.3 is 10.0 Å². The van der Waals surface area contributed by atoms with Crippen LogP contribution in [0.25, 0.3) is 0 Å². The van der Waals surface area contributed by atoms with E-state index in [4.69, 9.17) is 0 Å². The van der Waals surface area contributed by atoms with E-state index in [-0.39, 0.29) is 6.61 Å². The number of aliphatic hydroxyl groups excluding tert-OH is 1. The first-order valence-electron chi connectivity index (χ1n) is 6.43. The van der Waals surface area contributed by atoms with Crippen LogP contribution in [0.5, 0.6) is 0 Å². The minimum Gasteiger partial charge on any atom is -0.395 e. The molecular weight excluding hydrogens is 234 g/mol. The van der Waals surface area contributed by atoms with Crippen molar-refractivity contribution in [3.63, 3.8) is 0 Å². The molecule has 1 aliphatic carbocycles. The Labute approximate surface area is 107 Å². The lowest BCUT2D eigenvalue weighted by atomic mass is 10.2. The summed E-state index contributed by atoms with van der Waals surface area (Å²) in [6, 6.07) is 0.551. The van der Waals surface area contributed by atoms with Gasteiger partial charge in [0, 0.05) is 30.0 Å². The lowest BCUT2D eigenvalue weighted by molar-refractivity contribution is 0.297. The van der Waals surface area contributed by atoms with Crippen LogP contribution in [0, 0.1) is 0 Å². The van der Waals surface area contributed by atoms with Crippen molar-refractivity contribution in [1.29, 1.82) is 0 Å². The monoisotopic (exact) mass is 255 g/mol. The highest BCUT2D eigenvalue weighted by atomic mass is 32.1. The van der Waals surface area contributed by atoms with Crippen LogP contribution < -0.4 is 4.90 Å². The third-order valence-corrected chi connectivity index (χ3v) is 4.07. The lowest BCUT2D eigenvalue weighted by Gasteiger charge is -2.27. The van der Waals surface area contributed by atoms with Crippen molar-refractivity contribution in [3.8, 4) is 0 Å². The van der Waals surface area contributed by atoms with Gasteiger partial charge in [-0.15, -0.1) is 0 Å². The van der Waals surface area contributed by atoms with Crippen LogP contribution in [0.3, 0.4) is 0 Å². The van der Waals surface area contributed by atoms with Gasteiger partial charge in [0.2, 0.25) is 5.13 Å². The second-order valence-electron chi connectivity index (χ2n) is 4.95. The van der Waals surface area contributed by atoms with Gasteiger partial charge in [0.25, 0.3) is 0 Å². The van der Waals surface area contributed by atoms with Gasteiger partial charge in [-0.1, -0.05) is 26.7 Å². The number of nitrogens with zero attached hydrogens (tertiary/aromatic N) is 3. The number of hydrogen-bond donors (Lipinski definition) is 1. The number of aromatic nitrogens is 2. The summed E-state index contributed by atoms with van der Waals surface area (Å²) in [7, 11) is 0. The molecule has 0 unspecified atom stereocenters. The molecule has 5 heteroatoms. The van der Waals surface area contributed by atoms with Gasteiger partial charge in [-0.05, 0) is 12.8 Å². The number of aliphatic hydroxyl groups is 1. The quantitative estimate of drug-likeness (QED) is 0.877.